The van der Waals surface area contributed by atoms with E-state index in [0.29, 0.717) is 6.04 Å². The maximum Gasteiger partial charge on any atom is 0.267 e. The van der Waals surface area contributed by atoms with Crippen LogP contribution in [0.4, 0.5) is 5.82 Å². The summed E-state index contributed by atoms with van der Waals surface area (Å²) in [4.78, 5) is 21.2. The monoisotopic (exact) mass is 367 g/mol. The molecule has 2 aliphatic rings. The maximum atomic E-state index is 12.4. The fourth-order valence-electron chi connectivity index (χ4n) is 4.23. The Hall–Kier alpha value is -2.28. The average molecular weight is 367 g/mol. The second kappa shape index (κ2) is 6.46. The van der Waals surface area contributed by atoms with Gasteiger partial charge in [0, 0.05) is 12.1 Å². The van der Waals surface area contributed by atoms with Gasteiger partial charge in [0.2, 0.25) is 0 Å². The van der Waals surface area contributed by atoms with Crippen molar-refractivity contribution in [2.24, 2.45) is 0 Å². The molecule has 6 nitrogen and oxygen atoms in total. The lowest BCUT2D eigenvalue weighted by molar-refractivity contribution is 0.302. The van der Waals surface area contributed by atoms with Crippen molar-refractivity contribution < 1.29 is 0 Å². The van der Waals surface area contributed by atoms with Crippen molar-refractivity contribution in [3.05, 3.63) is 45.5 Å². The van der Waals surface area contributed by atoms with E-state index in [-0.39, 0.29) is 11.6 Å². The smallest absolute Gasteiger partial charge is 0.267 e. The zero-order valence-electron chi connectivity index (χ0n) is 14.5. The van der Waals surface area contributed by atoms with Gasteiger partial charge in [-0.25, -0.2) is 14.6 Å². The molecule has 1 saturated carbocycles. The van der Waals surface area contributed by atoms with E-state index in [9.17, 15) is 4.79 Å². The van der Waals surface area contributed by atoms with Crippen LogP contribution < -0.4 is 10.9 Å². The molecule has 0 aromatic carbocycles. The summed E-state index contributed by atoms with van der Waals surface area (Å²) in [6.07, 6.45) is 8.75. The van der Waals surface area contributed by atoms with Gasteiger partial charge < -0.3 is 5.32 Å². The Kier molecular flexibility index (Phi) is 3.96. The zero-order chi connectivity index (χ0) is 17.5. The molecule has 0 atom stereocenters. The molecule has 0 bridgehead atoms. The number of hydrogen-bond acceptors (Lipinski definition) is 6. The normalized spacial score (nSPS) is 22.5. The third-order valence-corrected chi connectivity index (χ3v) is 6.52. The summed E-state index contributed by atoms with van der Waals surface area (Å²) in [6.45, 7) is 0. The Morgan fingerprint density at radius 1 is 1.15 bits per heavy atom. The second-order valence-electron chi connectivity index (χ2n) is 7.26. The van der Waals surface area contributed by atoms with Crippen LogP contribution >= 0.6 is 11.3 Å². The SMILES string of the molecule is O=c1cc2c(nn1C1CCC(Nc3ncnc4ccsc34)CC1)CCC2. The highest BCUT2D eigenvalue weighted by molar-refractivity contribution is 7.17. The van der Waals surface area contributed by atoms with E-state index in [2.05, 4.69) is 20.4 Å². The lowest BCUT2D eigenvalue weighted by atomic mass is 9.91. The number of hydrogen-bond donors (Lipinski definition) is 1. The van der Waals surface area contributed by atoms with Gasteiger partial charge in [0.1, 0.15) is 12.1 Å². The van der Waals surface area contributed by atoms with Gasteiger partial charge in [-0.05, 0) is 62.0 Å². The van der Waals surface area contributed by atoms with Crippen molar-refractivity contribution in [2.75, 3.05) is 5.32 Å². The first-order valence-corrected chi connectivity index (χ1v) is 10.2. The largest absolute Gasteiger partial charge is 0.366 e. The van der Waals surface area contributed by atoms with Crippen LogP contribution in [0.1, 0.15) is 49.4 Å². The van der Waals surface area contributed by atoms with Crippen LogP contribution in [-0.4, -0.2) is 25.8 Å². The van der Waals surface area contributed by atoms with Gasteiger partial charge in [-0.2, -0.15) is 5.10 Å². The fourth-order valence-corrected chi connectivity index (χ4v) is 5.02. The molecule has 26 heavy (non-hydrogen) atoms. The van der Waals surface area contributed by atoms with Gasteiger partial charge in [-0.1, -0.05) is 0 Å². The Bertz CT molecular complexity index is 1000. The van der Waals surface area contributed by atoms with Crippen LogP contribution in [0, 0.1) is 0 Å². The van der Waals surface area contributed by atoms with Gasteiger partial charge in [-0.3, -0.25) is 4.79 Å². The topological polar surface area (TPSA) is 72.7 Å². The minimum atomic E-state index is 0.0677. The van der Waals surface area contributed by atoms with Gasteiger partial charge >= 0.3 is 0 Å². The first-order valence-electron chi connectivity index (χ1n) is 9.34. The van der Waals surface area contributed by atoms with E-state index >= 15 is 0 Å². The van der Waals surface area contributed by atoms with Crippen LogP contribution in [0.15, 0.2) is 28.6 Å². The summed E-state index contributed by atoms with van der Waals surface area (Å²) in [5, 5.41) is 10.3. The number of aromatic nitrogens is 4. The molecule has 5 rings (SSSR count). The molecular weight excluding hydrogens is 346 g/mol. The van der Waals surface area contributed by atoms with E-state index in [1.165, 1.54) is 0 Å². The highest BCUT2D eigenvalue weighted by Crippen LogP contribution is 2.31. The van der Waals surface area contributed by atoms with Gasteiger partial charge in [-0.15, -0.1) is 11.3 Å². The van der Waals surface area contributed by atoms with E-state index < -0.39 is 0 Å². The van der Waals surface area contributed by atoms with Crippen LogP contribution in [0.5, 0.6) is 0 Å². The molecule has 2 aliphatic carbocycles. The zero-order valence-corrected chi connectivity index (χ0v) is 15.3. The maximum absolute atomic E-state index is 12.4. The molecule has 7 heteroatoms. The average Bonchev–Trinajstić information content (AvgIpc) is 3.31. The molecule has 3 aromatic rings. The van der Waals surface area contributed by atoms with Gasteiger partial charge in [0.25, 0.3) is 5.56 Å². The molecule has 134 valence electrons. The van der Waals surface area contributed by atoms with Crippen molar-refractivity contribution in [1.82, 2.24) is 19.7 Å². The van der Waals surface area contributed by atoms with Crippen LogP contribution in [0.3, 0.4) is 0 Å². The summed E-state index contributed by atoms with van der Waals surface area (Å²) in [6, 6.07) is 4.44. The van der Waals surface area contributed by atoms with Crippen molar-refractivity contribution in [3.63, 3.8) is 0 Å². The first kappa shape index (κ1) is 15.9. The number of anilines is 1. The number of fused-ring (bicyclic) bond motifs is 2. The highest BCUT2D eigenvalue weighted by Gasteiger charge is 2.26. The molecule has 0 unspecified atom stereocenters. The van der Waals surface area contributed by atoms with Crippen molar-refractivity contribution >= 4 is 27.4 Å². The van der Waals surface area contributed by atoms with Crippen LogP contribution in [-0.2, 0) is 12.8 Å². The lowest BCUT2D eigenvalue weighted by Gasteiger charge is -2.30. The molecule has 0 saturated heterocycles. The van der Waals surface area contributed by atoms with E-state index in [0.717, 1.165) is 72.2 Å². The van der Waals surface area contributed by atoms with E-state index in [4.69, 9.17) is 0 Å². The second-order valence-corrected chi connectivity index (χ2v) is 8.18. The Balaban J connectivity index is 1.29. The predicted octanol–water partition coefficient (Wildman–Crippen LogP) is 3.33. The third kappa shape index (κ3) is 2.80. The Morgan fingerprint density at radius 2 is 2.04 bits per heavy atom. The van der Waals surface area contributed by atoms with Crippen LogP contribution in [0.25, 0.3) is 10.2 Å². The highest BCUT2D eigenvalue weighted by atomic mass is 32.1. The number of nitrogens with zero attached hydrogens (tertiary/aromatic N) is 4. The Morgan fingerprint density at radius 3 is 2.92 bits per heavy atom. The summed E-state index contributed by atoms with van der Waals surface area (Å²) in [7, 11) is 0. The summed E-state index contributed by atoms with van der Waals surface area (Å²) in [5.74, 6) is 0.932. The lowest BCUT2D eigenvalue weighted by Crippen LogP contribution is -2.34. The Labute approximate surface area is 155 Å². The van der Waals surface area contributed by atoms with Crippen molar-refractivity contribution in [1.29, 1.82) is 0 Å². The molecule has 0 spiro atoms. The van der Waals surface area contributed by atoms with Gasteiger partial charge in [0.15, 0.2) is 0 Å². The molecule has 0 amide bonds. The summed E-state index contributed by atoms with van der Waals surface area (Å²) < 4.78 is 2.87. The van der Waals surface area contributed by atoms with Crippen LogP contribution in [0.2, 0.25) is 0 Å². The molecule has 1 fully saturated rings. The molecule has 0 radical (unpaired) electrons. The van der Waals surface area contributed by atoms with Crippen molar-refractivity contribution in [2.45, 2.75) is 57.0 Å². The molecule has 3 heterocycles. The number of rotatable bonds is 3. The number of aryl methyl sites for hydroxylation is 2. The molecular formula is C19H21N5OS. The quantitative estimate of drug-likeness (QED) is 0.769. The minimum absolute atomic E-state index is 0.0677. The van der Waals surface area contributed by atoms with E-state index in [1.54, 1.807) is 22.3 Å². The van der Waals surface area contributed by atoms with Gasteiger partial charge in [0.05, 0.1) is 22.0 Å². The fraction of sp³-hybridized carbons (Fsp3) is 0.474. The minimum Gasteiger partial charge on any atom is -0.366 e. The summed E-state index contributed by atoms with van der Waals surface area (Å²) in [5.41, 5.74) is 3.35. The standard InChI is InChI=1S/C19H21N5OS/c25-17-10-12-2-1-3-15(12)23-24(17)14-6-4-13(5-7-14)22-19-18-16(8-9-26-18)20-11-21-19/h8-11,13-14H,1-7H2,(H,20,21,22). The summed E-state index contributed by atoms with van der Waals surface area (Å²) >= 11 is 1.67. The third-order valence-electron chi connectivity index (χ3n) is 5.61. The molecule has 3 aromatic heterocycles. The first-order chi connectivity index (χ1) is 12.8. The predicted molar refractivity (Wildman–Crippen MR) is 103 cm³/mol. The molecule has 0 aliphatic heterocycles. The molecule has 1 N–H and O–H groups in total. The van der Waals surface area contributed by atoms with Crippen molar-refractivity contribution in [3.8, 4) is 0 Å². The number of nitrogens with one attached hydrogen (secondary N) is 1. The van der Waals surface area contributed by atoms with E-state index in [1.807, 2.05) is 17.5 Å². The number of thiophene rings is 1.